The number of carbonyl (C=O) groups excluding carboxylic acids is 1. The first-order valence-corrected chi connectivity index (χ1v) is 8.46. The molecule has 7 nitrogen and oxygen atoms in total. The van der Waals surface area contributed by atoms with Gasteiger partial charge in [-0.15, -0.1) is 0 Å². The summed E-state index contributed by atoms with van der Waals surface area (Å²) in [5.41, 5.74) is 1.92. The number of aryl methyl sites for hydroxylation is 1. The van der Waals surface area contributed by atoms with Crippen LogP contribution in [0, 0.1) is 12.8 Å². The Kier molecular flexibility index (Phi) is 4.59. The average molecular weight is 331 g/mol. The summed E-state index contributed by atoms with van der Waals surface area (Å²) in [6.45, 7) is 5.91. The highest BCUT2D eigenvalue weighted by atomic mass is 16.5. The van der Waals surface area contributed by atoms with E-state index in [4.69, 9.17) is 9.72 Å². The normalized spacial score (nSPS) is 15.8. The van der Waals surface area contributed by atoms with Crippen LogP contribution in [0.2, 0.25) is 0 Å². The first-order chi connectivity index (χ1) is 11.5. The number of aromatic amines is 1. The van der Waals surface area contributed by atoms with Gasteiger partial charge in [-0.25, -0.2) is 0 Å². The van der Waals surface area contributed by atoms with E-state index in [1.54, 1.807) is 0 Å². The van der Waals surface area contributed by atoms with E-state index >= 15 is 0 Å². The van der Waals surface area contributed by atoms with Crippen LogP contribution in [-0.4, -0.2) is 54.7 Å². The summed E-state index contributed by atoms with van der Waals surface area (Å²) in [7, 11) is 3.88. The summed E-state index contributed by atoms with van der Waals surface area (Å²) in [5.74, 6) is 1.55. The van der Waals surface area contributed by atoms with Crippen LogP contribution in [0.5, 0.6) is 0 Å². The maximum atomic E-state index is 11.9. The molecule has 1 N–H and O–H groups in total. The van der Waals surface area contributed by atoms with Crippen molar-refractivity contribution >= 4 is 28.8 Å². The number of H-pyrrole nitrogens is 1. The summed E-state index contributed by atoms with van der Waals surface area (Å²) in [6.07, 6.45) is 1.59. The molecular weight excluding hydrogens is 306 g/mol. The predicted molar refractivity (Wildman–Crippen MR) is 94.5 cm³/mol. The number of hydrogen-bond acceptors (Lipinski definition) is 6. The van der Waals surface area contributed by atoms with E-state index < -0.39 is 0 Å². The van der Waals surface area contributed by atoms with Crippen molar-refractivity contribution < 1.29 is 9.53 Å². The van der Waals surface area contributed by atoms with Crippen LogP contribution in [0.4, 0.5) is 11.8 Å². The van der Waals surface area contributed by atoms with Gasteiger partial charge in [0.15, 0.2) is 0 Å². The van der Waals surface area contributed by atoms with Gasteiger partial charge in [-0.1, -0.05) is 0 Å². The van der Waals surface area contributed by atoms with Crippen molar-refractivity contribution in [1.82, 2.24) is 15.0 Å². The summed E-state index contributed by atoms with van der Waals surface area (Å²) >= 11 is 0. The molecule has 1 aliphatic rings. The molecule has 1 fully saturated rings. The second-order valence-electron chi connectivity index (χ2n) is 6.47. The number of rotatable bonds is 4. The average Bonchev–Trinajstić information content (AvgIpc) is 2.94. The Morgan fingerprint density at radius 1 is 1.38 bits per heavy atom. The summed E-state index contributed by atoms with van der Waals surface area (Å²) in [5, 5.41) is 1.03. The van der Waals surface area contributed by atoms with Crippen molar-refractivity contribution in [2.24, 2.45) is 5.92 Å². The molecule has 0 bridgehead atoms. The molecule has 3 heterocycles. The molecule has 0 unspecified atom stereocenters. The smallest absolute Gasteiger partial charge is 0.309 e. The van der Waals surface area contributed by atoms with Gasteiger partial charge in [0.25, 0.3) is 0 Å². The Balaban J connectivity index is 1.86. The van der Waals surface area contributed by atoms with E-state index in [0.717, 1.165) is 48.5 Å². The molecular formula is C17H25N5O2. The third-order valence-corrected chi connectivity index (χ3v) is 4.40. The van der Waals surface area contributed by atoms with Crippen molar-refractivity contribution in [3.63, 3.8) is 0 Å². The zero-order chi connectivity index (χ0) is 17.3. The molecule has 0 amide bonds. The van der Waals surface area contributed by atoms with Crippen LogP contribution in [-0.2, 0) is 9.53 Å². The molecule has 0 radical (unpaired) electrons. The Morgan fingerprint density at radius 2 is 2.08 bits per heavy atom. The second kappa shape index (κ2) is 6.67. The number of nitrogens with zero attached hydrogens (tertiary/aromatic N) is 4. The number of ether oxygens (including phenoxy) is 1. The standard InChI is InChI=1S/C17H25N5O2/c1-5-24-16(23)12-6-8-22(9-7-12)15-13-10-11(2)18-14(13)19-17(20-15)21(3)4/h10,12H,5-9H2,1-4H3,(H,18,19,20). The van der Waals surface area contributed by atoms with Crippen LogP contribution >= 0.6 is 0 Å². The predicted octanol–water partition coefficient (Wildman–Crippen LogP) is 2.11. The van der Waals surface area contributed by atoms with E-state index in [0.29, 0.717) is 12.6 Å². The number of carbonyl (C=O) groups is 1. The molecule has 0 saturated carbocycles. The third kappa shape index (κ3) is 3.16. The zero-order valence-electron chi connectivity index (χ0n) is 14.8. The number of nitrogens with one attached hydrogen (secondary N) is 1. The molecule has 24 heavy (non-hydrogen) atoms. The zero-order valence-corrected chi connectivity index (χ0v) is 14.8. The van der Waals surface area contributed by atoms with E-state index in [1.165, 1.54) is 0 Å². The summed E-state index contributed by atoms with van der Waals surface area (Å²) < 4.78 is 5.15. The lowest BCUT2D eigenvalue weighted by Crippen LogP contribution is -2.37. The van der Waals surface area contributed by atoms with Gasteiger partial charge in [0.2, 0.25) is 5.95 Å². The fourth-order valence-electron chi connectivity index (χ4n) is 3.14. The molecule has 130 valence electrons. The van der Waals surface area contributed by atoms with Crippen molar-refractivity contribution in [3.8, 4) is 0 Å². The van der Waals surface area contributed by atoms with Crippen LogP contribution in [0.1, 0.15) is 25.5 Å². The minimum atomic E-state index is -0.0727. The molecule has 0 atom stereocenters. The molecule has 2 aromatic heterocycles. The Morgan fingerprint density at radius 3 is 2.71 bits per heavy atom. The second-order valence-corrected chi connectivity index (χ2v) is 6.47. The van der Waals surface area contributed by atoms with Crippen molar-refractivity contribution in [3.05, 3.63) is 11.8 Å². The summed E-state index contributed by atoms with van der Waals surface area (Å²) in [4.78, 5) is 28.7. The lowest BCUT2D eigenvalue weighted by molar-refractivity contribution is -0.148. The molecule has 0 aromatic carbocycles. The van der Waals surface area contributed by atoms with Crippen molar-refractivity contribution in [1.29, 1.82) is 0 Å². The van der Waals surface area contributed by atoms with Crippen molar-refractivity contribution in [2.75, 3.05) is 43.6 Å². The van der Waals surface area contributed by atoms with E-state index in [1.807, 2.05) is 32.8 Å². The SMILES string of the molecule is CCOC(=O)C1CCN(c2nc(N(C)C)nc3[nH]c(C)cc23)CC1. The number of fused-ring (bicyclic) bond motifs is 1. The summed E-state index contributed by atoms with van der Waals surface area (Å²) in [6, 6.07) is 2.08. The number of hydrogen-bond donors (Lipinski definition) is 1. The van der Waals surface area contributed by atoms with Gasteiger partial charge in [0.05, 0.1) is 17.9 Å². The topological polar surface area (TPSA) is 74.3 Å². The maximum Gasteiger partial charge on any atom is 0.309 e. The molecule has 1 aliphatic heterocycles. The largest absolute Gasteiger partial charge is 0.466 e. The first-order valence-electron chi connectivity index (χ1n) is 8.46. The van der Waals surface area contributed by atoms with Crippen molar-refractivity contribution in [2.45, 2.75) is 26.7 Å². The fraction of sp³-hybridized carbons (Fsp3) is 0.588. The van der Waals surface area contributed by atoms with Gasteiger partial charge >= 0.3 is 5.97 Å². The number of anilines is 2. The lowest BCUT2D eigenvalue weighted by Gasteiger charge is -2.32. The van der Waals surface area contributed by atoms with Crippen LogP contribution < -0.4 is 9.80 Å². The molecule has 0 aliphatic carbocycles. The van der Waals surface area contributed by atoms with E-state index in [-0.39, 0.29) is 11.9 Å². The van der Waals surface area contributed by atoms with E-state index in [9.17, 15) is 4.79 Å². The van der Waals surface area contributed by atoms with Crippen LogP contribution in [0.25, 0.3) is 11.0 Å². The van der Waals surface area contributed by atoms with Gasteiger partial charge in [0, 0.05) is 32.9 Å². The number of esters is 1. The third-order valence-electron chi connectivity index (χ3n) is 4.40. The van der Waals surface area contributed by atoms with Gasteiger partial charge < -0.3 is 19.5 Å². The maximum absolute atomic E-state index is 11.9. The Bertz CT molecular complexity index is 732. The number of piperidine rings is 1. The molecule has 7 heteroatoms. The molecule has 3 rings (SSSR count). The molecule has 0 spiro atoms. The fourth-order valence-corrected chi connectivity index (χ4v) is 3.14. The molecule has 2 aromatic rings. The van der Waals surface area contributed by atoms with Gasteiger partial charge in [0.1, 0.15) is 11.5 Å². The quantitative estimate of drug-likeness (QED) is 0.865. The van der Waals surface area contributed by atoms with Gasteiger partial charge in [-0.3, -0.25) is 4.79 Å². The van der Waals surface area contributed by atoms with Crippen LogP contribution in [0.15, 0.2) is 6.07 Å². The van der Waals surface area contributed by atoms with Crippen LogP contribution in [0.3, 0.4) is 0 Å². The van der Waals surface area contributed by atoms with Gasteiger partial charge in [-0.05, 0) is 32.8 Å². The minimum Gasteiger partial charge on any atom is -0.466 e. The Hall–Kier alpha value is -2.31. The minimum absolute atomic E-state index is 0.000178. The van der Waals surface area contributed by atoms with Gasteiger partial charge in [-0.2, -0.15) is 9.97 Å². The Labute approximate surface area is 142 Å². The highest BCUT2D eigenvalue weighted by Crippen LogP contribution is 2.30. The first kappa shape index (κ1) is 16.5. The highest BCUT2D eigenvalue weighted by Gasteiger charge is 2.28. The highest BCUT2D eigenvalue weighted by molar-refractivity contribution is 5.89. The monoisotopic (exact) mass is 331 g/mol. The molecule has 1 saturated heterocycles. The lowest BCUT2D eigenvalue weighted by atomic mass is 9.97. The number of aromatic nitrogens is 3. The van der Waals surface area contributed by atoms with E-state index in [2.05, 4.69) is 20.9 Å².